The number of hydrogen-bond acceptors (Lipinski definition) is 3. The van der Waals surface area contributed by atoms with E-state index >= 15 is 0 Å². The number of rotatable bonds is 4. The second-order valence-corrected chi connectivity index (χ2v) is 6.37. The molecule has 0 aromatic heterocycles. The van der Waals surface area contributed by atoms with Crippen molar-refractivity contribution in [1.29, 1.82) is 0 Å². The number of carboxylic acid groups (broad SMARTS) is 1. The first kappa shape index (κ1) is 17.5. The molecule has 1 N–H and O–H groups in total. The summed E-state index contributed by atoms with van der Waals surface area (Å²) < 4.78 is 5.77. The van der Waals surface area contributed by atoms with Crippen molar-refractivity contribution >= 4 is 23.5 Å². The molecule has 0 spiro atoms. The first-order chi connectivity index (χ1) is 12.0. The zero-order valence-electron chi connectivity index (χ0n) is 13.5. The van der Waals surface area contributed by atoms with Crippen LogP contribution in [0.1, 0.15) is 27.6 Å². The molecule has 1 atom stereocenters. The number of halogens is 1. The molecule has 130 valence electrons. The first-order valence-corrected chi connectivity index (χ1v) is 8.38. The zero-order valence-corrected chi connectivity index (χ0v) is 14.3. The molecule has 1 aliphatic rings. The summed E-state index contributed by atoms with van der Waals surface area (Å²) in [5, 5.41) is 9.69. The summed E-state index contributed by atoms with van der Waals surface area (Å²) in [5.74, 6) is -1.04. The molecule has 1 heterocycles. The second-order valence-electron chi connectivity index (χ2n) is 5.94. The highest BCUT2D eigenvalue weighted by Crippen LogP contribution is 2.25. The van der Waals surface area contributed by atoms with Crippen LogP contribution in [0, 0.1) is 0 Å². The van der Waals surface area contributed by atoms with Crippen LogP contribution >= 0.6 is 11.6 Å². The molecule has 1 amide bonds. The van der Waals surface area contributed by atoms with Crippen LogP contribution < -0.4 is 0 Å². The largest absolute Gasteiger partial charge is 0.478 e. The Kier molecular flexibility index (Phi) is 5.36. The van der Waals surface area contributed by atoms with Gasteiger partial charge in [-0.1, -0.05) is 35.9 Å². The summed E-state index contributed by atoms with van der Waals surface area (Å²) >= 11 is 6.03. The number of nitrogens with zero attached hydrogens (tertiary/aromatic N) is 1. The first-order valence-electron chi connectivity index (χ1n) is 8.00. The predicted molar refractivity (Wildman–Crippen MR) is 93.8 cm³/mol. The van der Waals surface area contributed by atoms with Crippen molar-refractivity contribution in [3.63, 3.8) is 0 Å². The Balaban J connectivity index is 1.68. The highest BCUT2D eigenvalue weighted by atomic mass is 35.5. The fourth-order valence-electron chi connectivity index (χ4n) is 2.89. The van der Waals surface area contributed by atoms with Gasteiger partial charge >= 0.3 is 5.97 Å². The summed E-state index contributed by atoms with van der Waals surface area (Å²) in [6, 6.07) is 13.9. The molecule has 6 heteroatoms. The third-order valence-electron chi connectivity index (χ3n) is 4.17. The molecule has 3 rings (SSSR count). The van der Waals surface area contributed by atoms with Crippen LogP contribution in [0.3, 0.4) is 0 Å². The Labute approximate surface area is 150 Å². The van der Waals surface area contributed by atoms with Gasteiger partial charge in [0, 0.05) is 11.6 Å². The molecule has 0 radical (unpaired) electrons. The average Bonchev–Trinajstić information content (AvgIpc) is 2.62. The van der Waals surface area contributed by atoms with Crippen LogP contribution in [0.5, 0.6) is 0 Å². The Morgan fingerprint density at radius 3 is 2.76 bits per heavy atom. The van der Waals surface area contributed by atoms with E-state index < -0.39 is 5.97 Å². The molecule has 2 aromatic carbocycles. The van der Waals surface area contributed by atoms with Gasteiger partial charge in [0.15, 0.2) is 0 Å². The number of ether oxygens (including phenoxy) is 1. The summed E-state index contributed by atoms with van der Waals surface area (Å²) in [5.41, 5.74) is 1.82. The number of carbonyl (C=O) groups excluding carboxylic acids is 1. The van der Waals surface area contributed by atoms with Gasteiger partial charge in [0.2, 0.25) is 5.91 Å². The number of carbonyl (C=O) groups is 2. The molecule has 0 saturated carbocycles. The molecule has 5 nitrogen and oxygen atoms in total. The summed E-state index contributed by atoms with van der Waals surface area (Å²) in [4.78, 5) is 25.4. The lowest BCUT2D eigenvalue weighted by atomic mass is 10.1. The fourth-order valence-corrected chi connectivity index (χ4v) is 3.08. The molecule has 2 aromatic rings. The van der Waals surface area contributed by atoms with Gasteiger partial charge < -0.3 is 14.7 Å². The minimum Gasteiger partial charge on any atom is -0.478 e. The topological polar surface area (TPSA) is 66.8 Å². The monoisotopic (exact) mass is 359 g/mol. The van der Waals surface area contributed by atoms with Crippen molar-refractivity contribution in [1.82, 2.24) is 4.90 Å². The lowest BCUT2D eigenvalue weighted by Crippen LogP contribution is -2.43. The molecule has 1 aliphatic heterocycles. The van der Waals surface area contributed by atoms with Gasteiger partial charge in [-0.25, -0.2) is 4.79 Å². The Morgan fingerprint density at radius 1 is 1.20 bits per heavy atom. The molecule has 25 heavy (non-hydrogen) atoms. The van der Waals surface area contributed by atoms with Gasteiger partial charge in [-0.05, 0) is 35.4 Å². The van der Waals surface area contributed by atoms with Gasteiger partial charge in [-0.15, -0.1) is 0 Å². The average molecular weight is 360 g/mol. The van der Waals surface area contributed by atoms with Crippen molar-refractivity contribution in [3.8, 4) is 0 Å². The van der Waals surface area contributed by atoms with E-state index in [0.717, 1.165) is 5.56 Å². The molecule has 1 fully saturated rings. The third kappa shape index (κ3) is 4.38. The quantitative estimate of drug-likeness (QED) is 0.910. The van der Waals surface area contributed by atoms with E-state index in [0.29, 0.717) is 30.3 Å². The molecular weight excluding hydrogens is 342 g/mol. The Hall–Kier alpha value is -2.37. The summed E-state index contributed by atoms with van der Waals surface area (Å²) in [6.07, 6.45) is -0.0367. The van der Waals surface area contributed by atoms with Crippen LogP contribution in [-0.2, 0) is 16.0 Å². The smallest absolute Gasteiger partial charge is 0.335 e. The molecule has 1 unspecified atom stereocenters. The number of aromatic carboxylic acids is 1. The van der Waals surface area contributed by atoms with Crippen LogP contribution in [0.15, 0.2) is 48.5 Å². The lowest BCUT2D eigenvalue weighted by Gasteiger charge is -2.33. The van der Waals surface area contributed by atoms with Crippen molar-refractivity contribution in [2.24, 2.45) is 0 Å². The van der Waals surface area contributed by atoms with Crippen LogP contribution in [-0.4, -0.2) is 41.6 Å². The number of hydrogen-bond donors (Lipinski definition) is 1. The van der Waals surface area contributed by atoms with Crippen molar-refractivity contribution < 1.29 is 19.4 Å². The van der Waals surface area contributed by atoms with E-state index in [1.807, 2.05) is 18.2 Å². The van der Waals surface area contributed by atoms with E-state index in [1.54, 1.807) is 23.1 Å². The molecule has 0 aliphatic carbocycles. The van der Waals surface area contributed by atoms with Gasteiger partial charge in [0.25, 0.3) is 0 Å². The molecule has 1 saturated heterocycles. The van der Waals surface area contributed by atoms with Crippen molar-refractivity contribution in [2.75, 3.05) is 19.7 Å². The van der Waals surface area contributed by atoms with E-state index in [-0.39, 0.29) is 24.0 Å². The fraction of sp³-hybridized carbons (Fsp3) is 0.263. The number of morpholine rings is 1. The van der Waals surface area contributed by atoms with Gasteiger partial charge in [-0.2, -0.15) is 0 Å². The summed E-state index contributed by atoms with van der Waals surface area (Å²) in [7, 11) is 0. The highest BCUT2D eigenvalue weighted by molar-refractivity contribution is 6.30. The van der Waals surface area contributed by atoms with Gasteiger partial charge in [-0.3, -0.25) is 4.79 Å². The second kappa shape index (κ2) is 7.68. The predicted octanol–water partition coefficient (Wildman–Crippen LogP) is 3.18. The Bertz CT molecular complexity index is 792. The van der Waals surface area contributed by atoms with E-state index in [4.69, 9.17) is 21.4 Å². The van der Waals surface area contributed by atoms with Crippen LogP contribution in [0.25, 0.3) is 0 Å². The standard InChI is InChI=1S/C19H18ClNO4/c20-16-6-2-4-14(11-16)17-12-21(7-8-25-17)18(22)10-13-3-1-5-15(9-13)19(23)24/h1-6,9,11,17H,7-8,10,12H2,(H,23,24). The summed E-state index contributed by atoms with van der Waals surface area (Å²) in [6.45, 7) is 1.43. The maximum absolute atomic E-state index is 12.6. The van der Waals surface area contributed by atoms with Crippen molar-refractivity contribution in [2.45, 2.75) is 12.5 Å². The maximum Gasteiger partial charge on any atom is 0.335 e. The minimum atomic E-state index is -0.998. The minimum absolute atomic E-state index is 0.0436. The number of benzene rings is 2. The van der Waals surface area contributed by atoms with Crippen LogP contribution in [0.4, 0.5) is 0 Å². The van der Waals surface area contributed by atoms with Crippen LogP contribution in [0.2, 0.25) is 5.02 Å². The lowest BCUT2D eigenvalue weighted by molar-refractivity contribution is -0.138. The van der Waals surface area contributed by atoms with Gasteiger partial charge in [0.1, 0.15) is 6.10 Å². The SMILES string of the molecule is O=C(O)c1cccc(CC(=O)N2CCOC(c3cccc(Cl)c3)C2)c1. The Morgan fingerprint density at radius 2 is 2.00 bits per heavy atom. The number of carboxylic acids is 1. The normalized spacial score (nSPS) is 17.3. The van der Waals surface area contributed by atoms with Crippen molar-refractivity contribution in [3.05, 3.63) is 70.2 Å². The molecular formula is C19H18ClNO4. The van der Waals surface area contributed by atoms with Gasteiger partial charge in [0.05, 0.1) is 25.1 Å². The zero-order chi connectivity index (χ0) is 17.8. The number of amides is 1. The van der Waals surface area contributed by atoms with E-state index in [2.05, 4.69) is 0 Å². The highest BCUT2D eigenvalue weighted by Gasteiger charge is 2.25. The van der Waals surface area contributed by atoms with E-state index in [1.165, 1.54) is 12.1 Å². The molecule has 0 bridgehead atoms. The maximum atomic E-state index is 12.6. The third-order valence-corrected chi connectivity index (χ3v) is 4.40. The van der Waals surface area contributed by atoms with E-state index in [9.17, 15) is 9.59 Å².